The van der Waals surface area contributed by atoms with Crippen LogP contribution in [0.5, 0.6) is 0 Å². The van der Waals surface area contributed by atoms with Crippen molar-refractivity contribution in [3.63, 3.8) is 0 Å². The third kappa shape index (κ3) is 7.14. The van der Waals surface area contributed by atoms with Crippen molar-refractivity contribution in [1.29, 1.82) is 0 Å². The molecule has 0 spiro atoms. The molecule has 1 fully saturated rings. The number of aliphatic hydroxyl groups is 1. The van der Waals surface area contributed by atoms with E-state index in [4.69, 9.17) is 11.6 Å². The number of aliphatic hydroxyl groups excluding tert-OH is 1. The Morgan fingerprint density at radius 1 is 1.27 bits per heavy atom. The quantitative estimate of drug-likeness (QED) is 0.479. The van der Waals surface area contributed by atoms with E-state index in [-0.39, 0.29) is 0 Å². The molecule has 1 aliphatic heterocycles. The molecule has 1 aromatic carbocycles. The van der Waals surface area contributed by atoms with Gasteiger partial charge in [-0.05, 0) is 50.4 Å². The van der Waals surface area contributed by atoms with E-state index in [0.29, 0.717) is 17.6 Å². The van der Waals surface area contributed by atoms with E-state index in [2.05, 4.69) is 34.4 Å². The van der Waals surface area contributed by atoms with E-state index < -0.39 is 6.10 Å². The molecular weight excluding hydrogens is 348 g/mol. The Morgan fingerprint density at radius 3 is 2.58 bits per heavy atom. The van der Waals surface area contributed by atoms with Gasteiger partial charge in [-0.15, -0.1) is 0 Å². The fourth-order valence-electron chi connectivity index (χ4n) is 3.16. The molecule has 0 saturated carbocycles. The van der Waals surface area contributed by atoms with E-state index in [1.165, 1.54) is 19.4 Å². The maximum absolute atomic E-state index is 10.3. The molecule has 1 heterocycles. The number of hydrogen-bond acceptors (Lipinski definition) is 3. The van der Waals surface area contributed by atoms with E-state index in [0.717, 1.165) is 44.0 Å². The molecular formula is C20H33ClN4O. The van der Waals surface area contributed by atoms with Gasteiger partial charge in [0.15, 0.2) is 5.96 Å². The van der Waals surface area contributed by atoms with Crippen LogP contribution in [0.4, 0.5) is 0 Å². The van der Waals surface area contributed by atoms with Crippen molar-refractivity contribution < 1.29 is 5.11 Å². The molecule has 146 valence electrons. The van der Waals surface area contributed by atoms with Gasteiger partial charge in [-0.25, -0.2) is 0 Å². The average Bonchev–Trinajstić information content (AvgIpc) is 2.66. The molecule has 1 atom stereocenters. The normalized spacial score (nSPS) is 17.9. The molecule has 1 saturated heterocycles. The van der Waals surface area contributed by atoms with Gasteiger partial charge in [0.1, 0.15) is 0 Å². The SMILES string of the molecule is CCCCN1CCC(NC(=NCC(O)c2ccc(Cl)cc2)NCC)CC1. The second kappa shape index (κ2) is 11.4. The van der Waals surface area contributed by atoms with Crippen LogP contribution in [-0.4, -0.2) is 54.7 Å². The highest BCUT2D eigenvalue weighted by Gasteiger charge is 2.19. The van der Waals surface area contributed by atoms with E-state index in [1.54, 1.807) is 12.1 Å². The van der Waals surface area contributed by atoms with E-state index >= 15 is 0 Å². The molecule has 0 amide bonds. The summed E-state index contributed by atoms with van der Waals surface area (Å²) in [5, 5.41) is 17.8. The number of rotatable bonds is 8. The lowest BCUT2D eigenvalue weighted by Crippen LogP contribution is -2.48. The summed E-state index contributed by atoms with van der Waals surface area (Å²) in [7, 11) is 0. The van der Waals surface area contributed by atoms with Crippen LogP contribution in [0.2, 0.25) is 5.02 Å². The van der Waals surface area contributed by atoms with Crippen molar-refractivity contribution >= 4 is 17.6 Å². The van der Waals surface area contributed by atoms with Crippen molar-refractivity contribution in [2.75, 3.05) is 32.7 Å². The van der Waals surface area contributed by atoms with Crippen LogP contribution in [0.15, 0.2) is 29.3 Å². The fourth-order valence-corrected chi connectivity index (χ4v) is 3.29. The van der Waals surface area contributed by atoms with Crippen LogP contribution in [0, 0.1) is 0 Å². The lowest BCUT2D eigenvalue weighted by Gasteiger charge is -2.33. The topological polar surface area (TPSA) is 59.9 Å². The largest absolute Gasteiger partial charge is 0.386 e. The maximum Gasteiger partial charge on any atom is 0.191 e. The third-order valence-electron chi connectivity index (χ3n) is 4.78. The minimum atomic E-state index is -0.626. The molecule has 1 aromatic rings. The first kappa shape index (κ1) is 21.0. The first-order valence-corrected chi connectivity index (χ1v) is 10.2. The number of halogens is 1. The number of likely N-dealkylation sites (tertiary alicyclic amines) is 1. The van der Waals surface area contributed by atoms with Crippen LogP contribution in [0.1, 0.15) is 51.2 Å². The van der Waals surface area contributed by atoms with Crippen LogP contribution < -0.4 is 10.6 Å². The van der Waals surface area contributed by atoms with E-state index in [9.17, 15) is 5.11 Å². The van der Waals surface area contributed by atoms with Crippen molar-refractivity contribution in [2.24, 2.45) is 4.99 Å². The van der Waals surface area contributed by atoms with Crippen LogP contribution in [-0.2, 0) is 0 Å². The maximum atomic E-state index is 10.3. The lowest BCUT2D eigenvalue weighted by atomic mass is 10.0. The standard InChI is InChI=1S/C20H33ClN4O/c1-3-5-12-25-13-10-18(11-14-25)24-20(22-4-2)23-15-19(26)16-6-8-17(21)9-7-16/h6-9,18-19,26H,3-5,10-15H2,1-2H3,(H2,22,23,24). The zero-order chi connectivity index (χ0) is 18.8. The van der Waals surface area contributed by atoms with Crippen molar-refractivity contribution in [3.8, 4) is 0 Å². The zero-order valence-electron chi connectivity index (χ0n) is 16.0. The molecule has 5 nitrogen and oxygen atoms in total. The predicted molar refractivity (Wildman–Crippen MR) is 110 cm³/mol. The molecule has 0 radical (unpaired) electrons. The van der Waals surface area contributed by atoms with Gasteiger partial charge < -0.3 is 20.6 Å². The van der Waals surface area contributed by atoms with Gasteiger partial charge in [-0.2, -0.15) is 0 Å². The molecule has 0 aliphatic carbocycles. The number of guanidine groups is 1. The summed E-state index contributed by atoms with van der Waals surface area (Å²) < 4.78 is 0. The first-order chi connectivity index (χ1) is 12.6. The summed E-state index contributed by atoms with van der Waals surface area (Å²) >= 11 is 5.90. The Bertz CT molecular complexity index is 541. The van der Waals surface area contributed by atoms with Crippen LogP contribution in [0.25, 0.3) is 0 Å². The van der Waals surface area contributed by atoms with Gasteiger partial charge in [-0.3, -0.25) is 4.99 Å². The molecule has 3 N–H and O–H groups in total. The van der Waals surface area contributed by atoms with Crippen LogP contribution in [0.3, 0.4) is 0 Å². The third-order valence-corrected chi connectivity index (χ3v) is 5.03. The van der Waals surface area contributed by atoms with Crippen molar-refractivity contribution in [1.82, 2.24) is 15.5 Å². The number of nitrogens with one attached hydrogen (secondary N) is 2. The summed E-state index contributed by atoms with van der Waals surface area (Å²) in [6, 6.07) is 7.71. The zero-order valence-corrected chi connectivity index (χ0v) is 16.8. The monoisotopic (exact) mass is 380 g/mol. The highest BCUT2D eigenvalue weighted by Crippen LogP contribution is 2.17. The minimum Gasteiger partial charge on any atom is -0.386 e. The Morgan fingerprint density at radius 2 is 1.96 bits per heavy atom. The summed E-state index contributed by atoms with van der Waals surface area (Å²) in [4.78, 5) is 7.12. The Labute approximate surface area is 162 Å². The van der Waals surface area contributed by atoms with Crippen molar-refractivity contribution in [2.45, 2.75) is 51.7 Å². The Kier molecular flexibility index (Phi) is 9.23. The van der Waals surface area contributed by atoms with E-state index in [1.807, 2.05) is 12.1 Å². The molecule has 2 rings (SSSR count). The van der Waals surface area contributed by atoms with Gasteiger partial charge >= 0.3 is 0 Å². The summed E-state index contributed by atoms with van der Waals surface area (Å²) in [6.45, 7) is 8.93. The summed E-state index contributed by atoms with van der Waals surface area (Å²) in [5.41, 5.74) is 0.832. The number of unbranched alkanes of at least 4 members (excludes halogenated alkanes) is 1. The molecule has 1 aliphatic rings. The fraction of sp³-hybridized carbons (Fsp3) is 0.650. The molecule has 0 aromatic heterocycles. The van der Waals surface area contributed by atoms with Crippen LogP contribution >= 0.6 is 11.6 Å². The molecule has 1 unspecified atom stereocenters. The number of aliphatic imine (C=N–C) groups is 1. The second-order valence-electron chi connectivity index (χ2n) is 6.90. The molecule has 6 heteroatoms. The van der Waals surface area contributed by atoms with Gasteiger partial charge in [0.05, 0.1) is 12.6 Å². The lowest BCUT2D eigenvalue weighted by molar-refractivity contribution is 0.186. The summed E-state index contributed by atoms with van der Waals surface area (Å²) in [5.74, 6) is 0.785. The van der Waals surface area contributed by atoms with Gasteiger partial charge in [0.2, 0.25) is 0 Å². The Balaban J connectivity index is 1.83. The molecule has 26 heavy (non-hydrogen) atoms. The highest BCUT2D eigenvalue weighted by atomic mass is 35.5. The predicted octanol–water partition coefficient (Wildman–Crippen LogP) is 3.19. The van der Waals surface area contributed by atoms with Gasteiger partial charge in [0, 0.05) is 30.7 Å². The average molecular weight is 381 g/mol. The first-order valence-electron chi connectivity index (χ1n) is 9.83. The van der Waals surface area contributed by atoms with Crippen molar-refractivity contribution in [3.05, 3.63) is 34.9 Å². The number of hydrogen-bond donors (Lipinski definition) is 3. The molecule has 0 bridgehead atoms. The van der Waals surface area contributed by atoms with Gasteiger partial charge in [0.25, 0.3) is 0 Å². The number of piperidine rings is 1. The van der Waals surface area contributed by atoms with Gasteiger partial charge in [-0.1, -0.05) is 37.1 Å². The Hall–Kier alpha value is -1.30. The highest BCUT2D eigenvalue weighted by molar-refractivity contribution is 6.30. The minimum absolute atomic E-state index is 0.326. The number of benzene rings is 1. The second-order valence-corrected chi connectivity index (χ2v) is 7.34. The number of nitrogens with zero attached hydrogens (tertiary/aromatic N) is 2. The smallest absolute Gasteiger partial charge is 0.191 e. The summed E-state index contributed by atoms with van der Waals surface area (Å²) in [6.07, 6.45) is 4.18.